The fourth-order valence-electron chi connectivity index (χ4n) is 3.45. The number of benzene rings is 2. The summed E-state index contributed by atoms with van der Waals surface area (Å²) in [5.41, 5.74) is 0.873. The fourth-order valence-corrected chi connectivity index (χ4v) is 3.45. The van der Waals surface area contributed by atoms with Crippen LogP contribution in [0.3, 0.4) is 0 Å². The number of aryl methyl sites for hydroxylation is 1. The molecule has 4 rings (SSSR count). The summed E-state index contributed by atoms with van der Waals surface area (Å²) < 4.78 is 17.0. The highest BCUT2D eigenvalue weighted by Crippen LogP contribution is 2.08. The van der Waals surface area contributed by atoms with E-state index in [2.05, 4.69) is 10.4 Å². The van der Waals surface area contributed by atoms with Gasteiger partial charge in [0.05, 0.1) is 12.1 Å². The molecule has 0 aliphatic carbocycles. The fraction of sp³-hybridized carbons (Fsp3) is 0.217. The Balaban J connectivity index is 1.68. The van der Waals surface area contributed by atoms with Gasteiger partial charge in [0.2, 0.25) is 5.91 Å². The minimum Gasteiger partial charge on any atom is -0.350 e. The smallest absolute Gasteiger partial charge is 0.332 e. The van der Waals surface area contributed by atoms with Gasteiger partial charge in [0.25, 0.3) is 5.56 Å². The highest BCUT2D eigenvalue weighted by atomic mass is 19.1. The molecule has 0 aliphatic heterocycles. The number of nitrogens with one attached hydrogen (secondary N) is 1. The number of amides is 1. The average Bonchev–Trinajstić information content (AvgIpc) is 3.24. The third-order valence-electron chi connectivity index (χ3n) is 5.15. The molecule has 0 atom stereocenters. The number of nitrogens with zero attached hydrogens (tertiary/aromatic N) is 4. The topological polar surface area (TPSA) is 90.9 Å². The third kappa shape index (κ3) is 4.36. The van der Waals surface area contributed by atoms with Gasteiger partial charge >= 0.3 is 5.69 Å². The minimum atomic E-state index is -0.584. The minimum absolute atomic E-state index is 0.0740. The Bertz CT molecular complexity index is 1370. The first-order valence-electron chi connectivity index (χ1n) is 10.2. The molecule has 0 spiro atoms. The molecule has 1 N–H and O–H groups in total. The van der Waals surface area contributed by atoms with Crippen molar-refractivity contribution in [3.05, 3.63) is 98.6 Å². The van der Waals surface area contributed by atoms with Crippen LogP contribution in [0.2, 0.25) is 0 Å². The number of halogens is 1. The van der Waals surface area contributed by atoms with Crippen LogP contribution in [0.1, 0.15) is 18.1 Å². The lowest BCUT2D eigenvalue weighted by Crippen LogP contribution is -2.42. The van der Waals surface area contributed by atoms with Gasteiger partial charge in [-0.05, 0) is 30.2 Å². The van der Waals surface area contributed by atoms with Gasteiger partial charge in [-0.3, -0.25) is 23.4 Å². The van der Waals surface area contributed by atoms with Gasteiger partial charge in [0, 0.05) is 19.3 Å². The SMILES string of the molecule is CCn1cc2c(n1)c(=O)n(Cc1ccccc1)c(=O)n2CC(=O)NCc1ccc(F)cc1. The zero-order valence-corrected chi connectivity index (χ0v) is 17.5. The Morgan fingerprint density at radius 1 is 1.00 bits per heavy atom. The molecule has 0 unspecified atom stereocenters. The molecule has 1 amide bonds. The van der Waals surface area contributed by atoms with Crippen molar-refractivity contribution < 1.29 is 9.18 Å². The lowest BCUT2D eigenvalue weighted by atomic mass is 10.2. The van der Waals surface area contributed by atoms with Gasteiger partial charge < -0.3 is 5.32 Å². The number of aromatic nitrogens is 4. The standard InChI is InChI=1S/C23H22FN5O3/c1-2-27-14-19-21(26-27)22(31)29(13-17-6-4-3-5-7-17)23(32)28(19)15-20(30)25-12-16-8-10-18(24)11-9-16/h3-11,14H,2,12-13,15H2,1H3,(H,25,30). The third-order valence-corrected chi connectivity index (χ3v) is 5.15. The molecule has 0 aliphatic rings. The molecule has 9 heteroatoms. The summed E-state index contributed by atoms with van der Waals surface area (Å²) in [6, 6.07) is 14.9. The van der Waals surface area contributed by atoms with Crippen molar-refractivity contribution in [1.29, 1.82) is 0 Å². The van der Waals surface area contributed by atoms with Crippen LogP contribution in [0.15, 0.2) is 70.4 Å². The molecule has 8 nitrogen and oxygen atoms in total. The van der Waals surface area contributed by atoms with Crippen LogP contribution in [-0.4, -0.2) is 24.8 Å². The Labute approximate surface area is 182 Å². The molecule has 0 bridgehead atoms. The normalized spacial score (nSPS) is 11.1. The van der Waals surface area contributed by atoms with Crippen LogP contribution in [0, 0.1) is 5.82 Å². The van der Waals surface area contributed by atoms with E-state index in [-0.39, 0.29) is 31.0 Å². The zero-order chi connectivity index (χ0) is 22.7. The number of rotatable bonds is 7. The van der Waals surface area contributed by atoms with Crippen LogP contribution in [0.25, 0.3) is 11.0 Å². The van der Waals surface area contributed by atoms with E-state index in [1.165, 1.54) is 16.7 Å². The zero-order valence-electron chi connectivity index (χ0n) is 17.5. The van der Waals surface area contributed by atoms with Gasteiger partial charge in [-0.25, -0.2) is 9.18 Å². The lowest BCUT2D eigenvalue weighted by Gasteiger charge is -2.12. The highest BCUT2D eigenvalue weighted by Gasteiger charge is 2.18. The van der Waals surface area contributed by atoms with Crippen molar-refractivity contribution in [3.63, 3.8) is 0 Å². The van der Waals surface area contributed by atoms with Gasteiger partial charge in [-0.15, -0.1) is 0 Å². The van der Waals surface area contributed by atoms with Crippen LogP contribution >= 0.6 is 0 Å². The Morgan fingerprint density at radius 2 is 1.72 bits per heavy atom. The maximum atomic E-state index is 13.2. The number of hydrogen-bond acceptors (Lipinski definition) is 4. The summed E-state index contributed by atoms with van der Waals surface area (Å²) in [5, 5.41) is 7.03. The first-order valence-corrected chi connectivity index (χ1v) is 10.2. The Kier molecular flexibility index (Phi) is 5.98. The van der Waals surface area contributed by atoms with E-state index in [4.69, 9.17) is 0 Å². The van der Waals surface area contributed by atoms with Crippen LogP contribution in [0.4, 0.5) is 4.39 Å². The lowest BCUT2D eigenvalue weighted by molar-refractivity contribution is -0.121. The van der Waals surface area contributed by atoms with Crippen molar-refractivity contribution in [1.82, 2.24) is 24.2 Å². The molecule has 2 heterocycles. The monoisotopic (exact) mass is 435 g/mol. The van der Waals surface area contributed by atoms with E-state index in [9.17, 15) is 18.8 Å². The Hall–Kier alpha value is -4.01. The van der Waals surface area contributed by atoms with E-state index < -0.39 is 17.2 Å². The summed E-state index contributed by atoms with van der Waals surface area (Å²) in [6.45, 7) is 2.37. The summed E-state index contributed by atoms with van der Waals surface area (Å²) in [7, 11) is 0. The maximum Gasteiger partial charge on any atom is 0.332 e. The van der Waals surface area contributed by atoms with E-state index in [1.807, 2.05) is 37.3 Å². The molecule has 164 valence electrons. The summed E-state index contributed by atoms with van der Waals surface area (Å²) in [4.78, 5) is 38.8. The van der Waals surface area contributed by atoms with Gasteiger partial charge in [0.1, 0.15) is 12.4 Å². The van der Waals surface area contributed by atoms with Crippen molar-refractivity contribution in [2.24, 2.45) is 0 Å². The van der Waals surface area contributed by atoms with Crippen LogP contribution in [0.5, 0.6) is 0 Å². The molecular weight excluding hydrogens is 413 g/mol. The first-order chi connectivity index (χ1) is 15.5. The Morgan fingerprint density at radius 3 is 2.41 bits per heavy atom. The molecule has 0 saturated carbocycles. The van der Waals surface area contributed by atoms with Crippen LogP contribution in [-0.2, 0) is 31.0 Å². The molecule has 2 aromatic carbocycles. The maximum absolute atomic E-state index is 13.2. The van der Waals surface area contributed by atoms with Gasteiger partial charge in [-0.2, -0.15) is 5.10 Å². The number of hydrogen-bond donors (Lipinski definition) is 1. The molecule has 0 fully saturated rings. The largest absolute Gasteiger partial charge is 0.350 e. The molecule has 0 radical (unpaired) electrons. The molecular formula is C23H22FN5O3. The van der Waals surface area contributed by atoms with Crippen molar-refractivity contribution in [2.45, 2.75) is 33.1 Å². The van der Waals surface area contributed by atoms with Crippen LogP contribution < -0.4 is 16.6 Å². The quantitative estimate of drug-likeness (QED) is 0.480. The van der Waals surface area contributed by atoms with E-state index in [0.717, 1.165) is 15.7 Å². The van der Waals surface area contributed by atoms with Crippen molar-refractivity contribution in [3.8, 4) is 0 Å². The summed E-state index contributed by atoms with van der Waals surface area (Å²) >= 11 is 0. The second-order valence-corrected chi connectivity index (χ2v) is 7.37. The van der Waals surface area contributed by atoms with E-state index >= 15 is 0 Å². The average molecular weight is 435 g/mol. The second kappa shape index (κ2) is 9.01. The summed E-state index contributed by atoms with van der Waals surface area (Å²) in [6.07, 6.45) is 1.60. The molecule has 4 aromatic rings. The predicted molar refractivity (Wildman–Crippen MR) is 118 cm³/mol. The van der Waals surface area contributed by atoms with E-state index in [0.29, 0.717) is 12.1 Å². The number of carbonyl (C=O) groups excluding carboxylic acids is 1. The number of fused-ring (bicyclic) bond motifs is 1. The second-order valence-electron chi connectivity index (χ2n) is 7.37. The molecule has 32 heavy (non-hydrogen) atoms. The van der Waals surface area contributed by atoms with E-state index in [1.54, 1.807) is 23.0 Å². The van der Waals surface area contributed by atoms with Gasteiger partial charge in [0.15, 0.2) is 5.52 Å². The van der Waals surface area contributed by atoms with Crippen molar-refractivity contribution >= 4 is 16.9 Å². The summed E-state index contributed by atoms with van der Waals surface area (Å²) in [5.74, 6) is -0.769. The molecule has 0 saturated heterocycles. The predicted octanol–water partition coefficient (Wildman–Crippen LogP) is 1.88. The van der Waals surface area contributed by atoms with Crippen molar-refractivity contribution in [2.75, 3.05) is 0 Å². The first kappa shape index (κ1) is 21.2. The molecule has 2 aromatic heterocycles. The highest BCUT2D eigenvalue weighted by molar-refractivity contribution is 5.79. The number of carbonyl (C=O) groups is 1. The van der Waals surface area contributed by atoms with Gasteiger partial charge in [-0.1, -0.05) is 42.5 Å².